The van der Waals surface area contributed by atoms with Crippen molar-refractivity contribution >= 4 is 10.0 Å². The van der Waals surface area contributed by atoms with Crippen LogP contribution in [0.25, 0.3) is 0 Å². The van der Waals surface area contributed by atoms with E-state index in [-0.39, 0.29) is 10.5 Å². The van der Waals surface area contributed by atoms with Gasteiger partial charge in [-0.15, -0.1) is 6.58 Å². The van der Waals surface area contributed by atoms with Gasteiger partial charge >= 0.3 is 0 Å². The first-order valence-electron chi connectivity index (χ1n) is 5.60. The Hall–Kier alpha value is -1.64. The zero-order valence-corrected chi connectivity index (χ0v) is 11.2. The first kappa shape index (κ1) is 14.4. The molecule has 96 valence electrons. The van der Waals surface area contributed by atoms with Crippen molar-refractivity contribution in [2.24, 2.45) is 0 Å². The Balaban J connectivity index is 2.99. The van der Waals surface area contributed by atoms with Crippen LogP contribution in [0, 0.1) is 11.3 Å². The normalized spacial score (nSPS) is 11.2. The lowest BCUT2D eigenvalue weighted by Crippen LogP contribution is -2.28. The molecule has 0 fully saturated rings. The van der Waals surface area contributed by atoms with Crippen LogP contribution in [0.4, 0.5) is 0 Å². The summed E-state index contributed by atoms with van der Waals surface area (Å²) in [5.74, 6) is 0. The smallest absolute Gasteiger partial charge is 0.207 e. The Morgan fingerprint density at radius 1 is 1.44 bits per heavy atom. The summed E-state index contributed by atoms with van der Waals surface area (Å²) in [6, 6.07) is 8.13. The molecule has 1 aromatic rings. The molecule has 0 saturated heterocycles. The van der Waals surface area contributed by atoms with Gasteiger partial charge in [-0.25, -0.2) is 12.7 Å². The minimum Gasteiger partial charge on any atom is -0.207 e. The third-order valence-electron chi connectivity index (χ3n) is 2.58. The third kappa shape index (κ3) is 3.19. The lowest BCUT2D eigenvalue weighted by molar-refractivity contribution is 0.462. The predicted molar refractivity (Wildman–Crippen MR) is 70.4 cm³/mol. The highest BCUT2D eigenvalue weighted by molar-refractivity contribution is 7.89. The molecule has 0 spiro atoms. The molecule has 0 atom stereocenters. The number of hydrogen-bond acceptors (Lipinski definition) is 3. The van der Waals surface area contributed by atoms with E-state index in [1.165, 1.54) is 23.5 Å². The van der Waals surface area contributed by atoms with Crippen molar-refractivity contribution in [3.05, 3.63) is 42.5 Å². The fourth-order valence-electron chi connectivity index (χ4n) is 1.53. The number of benzene rings is 1. The maximum atomic E-state index is 12.3. The largest absolute Gasteiger partial charge is 0.244 e. The van der Waals surface area contributed by atoms with Gasteiger partial charge in [0.1, 0.15) is 6.07 Å². The van der Waals surface area contributed by atoms with Gasteiger partial charge in [-0.3, -0.25) is 0 Å². The summed E-state index contributed by atoms with van der Waals surface area (Å²) in [6.45, 7) is 4.01. The molecule has 1 aromatic carbocycles. The molecule has 0 bridgehead atoms. The number of unbranched alkanes of at least 4 members (excludes halogenated alkanes) is 1. The van der Waals surface area contributed by atoms with Gasteiger partial charge in [-0.1, -0.05) is 18.2 Å². The van der Waals surface area contributed by atoms with Crippen molar-refractivity contribution in [3.63, 3.8) is 0 Å². The zero-order chi connectivity index (χ0) is 13.6. The van der Waals surface area contributed by atoms with E-state index in [9.17, 15) is 8.42 Å². The van der Waals surface area contributed by atoms with E-state index >= 15 is 0 Å². The van der Waals surface area contributed by atoms with E-state index in [1.54, 1.807) is 18.2 Å². The average Bonchev–Trinajstić information content (AvgIpc) is 2.38. The molecule has 0 heterocycles. The van der Waals surface area contributed by atoms with Crippen LogP contribution >= 0.6 is 0 Å². The minimum atomic E-state index is -3.59. The van der Waals surface area contributed by atoms with Crippen LogP contribution in [0.2, 0.25) is 0 Å². The summed E-state index contributed by atoms with van der Waals surface area (Å²) >= 11 is 0. The van der Waals surface area contributed by atoms with Gasteiger partial charge in [0.15, 0.2) is 0 Å². The maximum absolute atomic E-state index is 12.3. The molecule has 1 rings (SSSR count). The van der Waals surface area contributed by atoms with E-state index in [0.717, 1.165) is 6.42 Å². The van der Waals surface area contributed by atoms with Crippen molar-refractivity contribution in [2.45, 2.75) is 17.7 Å². The van der Waals surface area contributed by atoms with E-state index in [4.69, 9.17) is 5.26 Å². The van der Waals surface area contributed by atoms with Crippen LogP contribution in [-0.2, 0) is 10.0 Å². The van der Waals surface area contributed by atoms with E-state index in [0.29, 0.717) is 13.0 Å². The first-order valence-corrected chi connectivity index (χ1v) is 7.04. The van der Waals surface area contributed by atoms with Gasteiger partial charge in [-0.2, -0.15) is 5.26 Å². The summed E-state index contributed by atoms with van der Waals surface area (Å²) in [6.07, 6.45) is 3.23. The Morgan fingerprint density at radius 2 is 2.11 bits per heavy atom. The molecular weight excluding hydrogens is 248 g/mol. The molecule has 0 N–H and O–H groups in total. The lowest BCUT2D eigenvalue weighted by atomic mass is 10.2. The van der Waals surface area contributed by atoms with Crippen molar-refractivity contribution in [1.82, 2.24) is 4.31 Å². The first-order chi connectivity index (χ1) is 8.54. The van der Waals surface area contributed by atoms with E-state index in [2.05, 4.69) is 6.58 Å². The molecule has 0 saturated carbocycles. The van der Waals surface area contributed by atoms with Crippen LogP contribution in [0.15, 0.2) is 41.8 Å². The third-order valence-corrected chi connectivity index (χ3v) is 4.49. The van der Waals surface area contributed by atoms with E-state index in [1.807, 2.05) is 6.07 Å². The Bertz CT molecular complexity index is 559. The van der Waals surface area contributed by atoms with Crippen LogP contribution < -0.4 is 0 Å². The molecule has 0 aliphatic heterocycles. The predicted octanol–water partition coefficient (Wildman–Crippen LogP) is 2.14. The van der Waals surface area contributed by atoms with Gasteiger partial charge in [0.05, 0.1) is 10.5 Å². The van der Waals surface area contributed by atoms with Crippen molar-refractivity contribution in [1.29, 1.82) is 5.26 Å². The fourth-order valence-corrected chi connectivity index (χ4v) is 2.88. The zero-order valence-electron chi connectivity index (χ0n) is 10.3. The number of sulfonamides is 1. The molecule has 0 aliphatic carbocycles. The van der Waals surface area contributed by atoms with E-state index < -0.39 is 10.0 Å². The van der Waals surface area contributed by atoms with Crippen molar-refractivity contribution < 1.29 is 8.42 Å². The number of nitrogens with zero attached hydrogens (tertiary/aromatic N) is 2. The number of allylic oxidation sites excluding steroid dienone is 1. The molecule has 0 unspecified atom stereocenters. The molecule has 0 amide bonds. The molecule has 4 nitrogen and oxygen atoms in total. The highest BCUT2D eigenvalue weighted by atomic mass is 32.2. The molecule has 0 aliphatic rings. The molecular formula is C13H16N2O2S. The van der Waals surface area contributed by atoms with Gasteiger partial charge < -0.3 is 0 Å². The van der Waals surface area contributed by atoms with Gasteiger partial charge in [0.2, 0.25) is 10.0 Å². The van der Waals surface area contributed by atoms with Crippen LogP contribution in [0.3, 0.4) is 0 Å². The van der Waals surface area contributed by atoms with Crippen LogP contribution in [0.5, 0.6) is 0 Å². The topological polar surface area (TPSA) is 61.2 Å². The monoisotopic (exact) mass is 264 g/mol. The summed E-state index contributed by atoms with van der Waals surface area (Å²) < 4.78 is 25.8. The van der Waals surface area contributed by atoms with Crippen molar-refractivity contribution in [3.8, 4) is 6.07 Å². The van der Waals surface area contributed by atoms with Crippen LogP contribution in [0.1, 0.15) is 18.4 Å². The Labute approximate surface area is 108 Å². The molecule has 18 heavy (non-hydrogen) atoms. The summed E-state index contributed by atoms with van der Waals surface area (Å²) in [5.41, 5.74) is 0.174. The standard InChI is InChI=1S/C13H16N2O2S/c1-3-4-7-10-15(2)18(16,17)13-9-6-5-8-12(13)11-14/h3,5-6,8-9H,1,4,7,10H2,2H3. The maximum Gasteiger partial charge on any atom is 0.244 e. The second-order valence-electron chi connectivity index (χ2n) is 3.87. The average molecular weight is 264 g/mol. The minimum absolute atomic E-state index is 0.0635. The number of nitriles is 1. The highest BCUT2D eigenvalue weighted by Gasteiger charge is 2.22. The number of rotatable bonds is 6. The quantitative estimate of drug-likeness (QED) is 0.584. The van der Waals surface area contributed by atoms with Gasteiger partial charge in [0, 0.05) is 13.6 Å². The second-order valence-corrected chi connectivity index (χ2v) is 5.88. The van der Waals surface area contributed by atoms with Crippen LogP contribution in [-0.4, -0.2) is 26.3 Å². The summed E-state index contributed by atoms with van der Waals surface area (Å²) in [4.78, 5) is 0.0635. The van der Waals surface area contributed by atoms with Gasteiger partial charge in [0.25, 0.3) is 0 Å². The Morgan fingerprint density at radius 3 is 2.72 bits per heavy atom. The lowest BCUT2D eigenvalue weighted by Gasteiger charge is -2.17. The summed E-state index contributed by atoms with van der Waals surface area (Å²) in [7, 11) is -2.07. The number of hydrogen-bond donors (Lipinski definition) is 0. The molecule has 0 radical (unpaired) electrons. The summed E-state index contributed by atoms with van der Waals surface area (Å²) in [5, 5.41) is 8.93. The second kappa shape index (κ2) is 6.34. The fraction of sp³-hybridized carbons (Fsp3) is 0.308. The highest BCUT2D eigenvalue weighted by Crippen LogP contribution is 2.18. The molecule has 0 aromatic heterocycles. The Kier molecular flexibility index (Phi) is 5.08. The SMILES string of the molecule is C=CCCCN(C)S(=O)(=O)c1ccccc1C#N. The molecule has 5 heteroatoms. The van der Waals surface area contributed by atoms with Crippen molar-refractivity contribution in [2.75, 3.05) is 13.6 Å². The van der Waals surface area contributed by atoms with Gasteiger partial charge in [-0.05, 0) is 25.0 Å².